The highest BCUT2D eigenvalue weighted by molar-refractivity contribution is 6.34. The quantitative estimate of drug-likeness (QED) is 0.592. The molecule has 0 aliphatic carbocycles. The molecule has 1 aliphatic rings. The lowest BCUT2D eigenvalue weighted by molar-refractivity contribution is -0.121. The highest BCUT2D eigenvalue weighted by Gasteiger charge is 2.28. The standard InChI is InChI=1S/C22H15Cl2FN2O3/c23-16-5-2-1-4-14(16)22(29)26-13-8-9-20-19(10-13)27(21(28)12-30-20)11-15-17(24)6-3-7-18(15)25/h1-10H,11-12H2,(H,26,29). The smallest absolute Gasteiger partial charge is 0.265 e. The van der Waals surface area contributed by atoms with Gasteiger partial charge in [0.25, 0.3) is 11.8 Å². The molecule has 4 rings (SSSR count). The predicted octanol–water partition coefficient (Wildman–Crippen LogP) is 5.31. The molecule has 0 fully saturated rings. The zero-order valence-electron chi connectivity index (χ0n) is 15.5. The van der Waals surface area contributed by atoms with Crippen LogP contribution in [-0.2, 0) is 11.3 Å². The van der Waals surface area contributed by atoms with Crippen LogP contribution in [0.25, 0.3) is 0 Å². The second kappa shape index (κ2) is 8.34. The first-order valence-corrected chi connectivity index (χ1v) is 9.75. The van der Waals surface area contributed by atoms with Gasteiger partial charge in [-0.3, -0.25) is 9.59 Å². The molecule has 5 nitrogen and oxygen atoms in total. The predicted molar refractivity (Wildman–Crippen MR) is 114 cm³/mol. The molecule has 1 heterocycles. The van der Waals surface area contributed by atoms with E-state index in [0.717, 1.165) is 0 Å². The number of fused-ring (bicyclic) bond motifs is 1. The molecule has 3 aromatic rings. The first-order valence-electron chi connectivity index (χ1n) is 9.00. The van der Waals surface area contributed by atoms with E-state index in [0.29, 0.717) is 27.7 Å². The maximum Gasteiger partial charge on any atom is 0.265 e. The minimum Gasteiger partial charge on any atom is -0.482 e. The van der Waals surface area contributed by atoms with Gasteiger partial charge in [-0.05, 0) is 42.5 Å². The second-order valence-corrected chi connectivity index (χ2v) is 7.40. The highest BCUT2D eigenvalue weighted by Crippen LogP contribution is 2.36. The number of halogens is 3. The van der Waals surface area contributed by atoms with Gasteiger partial charge in [-0.1, -0.05) is 41.4 Å². The zero-order valence-corrected chi connectivity index (χ0v) is 17.0. The number of benzene rings is 3. The minimum absolute atomic E-state index is 0.0669. The van der Waals surface area contributed by atoms with E-state index < -0.39 is 11.7 Å². The molecule has 0 saturated carbocycles. The van der Waals surface area contributed by atoms with E-state index in [1.807, 2.05) is 0 Å². The number of amides is 2. The molecule has 0 spiro atoms. The molecule has 0 atom stereocenters. The van der Waals surface area contributed by atoms with Crippen LogP contribution in [0.3, 0.4) is 0 Å². The number of hydrogen-bond donors (Lipinski definition) is 1. The first kappa shape index (κ1) is 20.2. The lowest BCUT2D eigenvalue weighted by Gasteiger charge is -2.30. The van der Waals surface area contributed by atoms with E-state index in [-0.39, 0.29) is 29.6 Å². The number of ether oxygens (including phenoxy) is 1. The molecule has 8 heteroatoms. The molecule has 0 aromatic heterocycles. The molecular formula is C22H15Cl2FN2O3. The summed E-state index contributed by atoms with van der Waals surface area (Å²) in [5, 5.41) is 3.30. The highest BCUT2D eigenvalue weighted by atomic mass is 35.5. The molecule has 1 N–H and O–H groups in total. The van der Waals surface area contributed by atoms with Crippen molar-refractivity contribution < 1.29 is 18.7 Å². The summed E-state index contributed by atoms with van der Waals surface area (Å²) in [6.45, 7) is -0.243. The maximum atomic E-state index is 14.3. The molecule has 0 radical (unpaired) electrons. The largest absolute Gasteiger partial charge is 0.482 e. The third-order valence-corrected chi connectivity index (χ3v) is 5.34. The van der Waals surface area contributed by atoms with Gasteiger partial charge < -0.3 is 15.0 Å². The Balaban J connectivity index is 1.65. The number of nitrogens with one attached hydrogen (secondary N) is 1. The van der Waals surface area contributed by atoms with E-state index in [9.17, 15) is 14.0 Å². The van der Waals surface area contributed by atoms with Crippen molar-refractivity contribution in [2.75, 3.05) is 16.8 Å². The van der Waals surface area contributed by atoms with Gasteiger partial charge in [0.1, 0.15) is 11.6 Å². The summed E-state index contributed by atoms with van der Waals surface area (Å²) in [6, 6.07) is 15.9. The Morgan fingerprint density at radius 3 is 2.60 bits per heavy atom. The van der Waals surface area contributed by atoms with E-state index in [4.69, 9.17) is 27.9 Å². The molecule has 152 valence electrons. The summed E-state index contributed by atoms with van der Waals surface area (Å²) in [7, 11) is 0. The Bertz CT molecular complexity index is 1130. The Morgan fingerprint density at radius 1 is 1.07 bits per heavy atom. The van der Waals surface area contributed by atoms with Crippen molar-refractivity contribution in [3.8, 4) is 5.75 Å². The number of carbonyl (C=O) groups is 2. The van der Waals surface area contributed by atoms with Crippen molar-refractivity contribution >= 4 is 46.4 Å². The van der Waals surface area contributed by atoms with Gasteiger partial charge in [0, 0.05) is 16.3 Å². The number of hydrogen-bond acceptors (Lipinski definition) is 3. The van der Waals surface area contributed by atoms with Gasteiger partial charge in [0.2, 0.25) is 0 Å². The van der Waals surface area contributed by atoms with Crippen LogP contribution < -0.4 is 15.0 Å². The Hall–Kier alpha value is -3.09. The molecular weight excluding hydrogens is 430 g/mol. The maximum absolute atomic E-state index is 14.3. The van der Waals surface area contributed by atoms with Crippen molar-refractivity contribution in [2.24, 2.45) is 0 Å². The zero-order chi connectivity index (χ0) is 21.3. The third kappa shape index (κ3) is 3.97. The first-order chi connectivity index (χ1) is 14.4. The van der Waals surface area contributed by atoms with Crippen molar-refractivity contribution in [1.29, 1.82) is 0 Å². The lowest BCUT2D eigenvalue weighted by atomic mass is 10.1. The topological polar surface area (TPSA) is 58.6 Å². The summed E-state index contributed by atoms with van der Waals surface area (Å²) in [5.41, 5.74) is 1.36. The SMILES string of the molecule is O=C(Nc1ccc2c(c1)N(Cc1c(F)cccc1Cl)C(=O)CO2)c1ccccc1Cl. The fourth-order valence-corrected chi connectivity index (χ4v) is 3.58. The van der Waals surface area contributed by atoms with Crippen LogP contribution in [-0.4, -0.2) is 18.4 Å². The summed E-state index contributed by atoms with van der Waals surface area (Å²) in [6.07, 6.45) is 0. The molecule has 1 aliphatic heterocycles. The average molecular weight is 445 g/mol. The van der Waals surface area contributed by atoms with E-state index >= 15 is 0 Å². The normalized spacial score (nSPS) is 12.9. The molecule has 30 heavy (non-hydrogen) atoms. The Labute approximate surface area is 182 Å². The number of anilines is 2. The average Bonchev–Trinajstić information content (AvgIpc) is 2.72. The van der Waals surface area contributed by atoms with Crippen LogP contribution in [0.4, 0.5) is 15.8 Å². The van der Waals surface area contributed by atoms with Gasteiger partial charge in [0.15, 0.2) is 6.61 Å². The third-order valence-electron chi connectivity index (χ3n) is 4.66. The van der Waals surface area contributed by atoms with Gasteiger partial charge in [-0.2, -0.15) is 0 Å². The van der Waals surface area contributed by atoms with Crippen LogP contribution in [0.2, 0.25) is 10.0 Å². The van der Waals surface area contributed by atoms with E-state index in [1.54, 1.807) is 48.5 Å². The summed E-state index contributed by atoms with van der Waals surface area (Å²) in [4.78, 5) is 26.5. The van der Waals surface area contributed by atoms with E-state index in [2.05, 4.69) is 5.32 Å². The van der Waals surface area contributed by atoms with Gasteiger partial charge in [0.05, 0.1) is 22.8 Å². The summed E-state index contributed by atoms with van der Waals surface area (Å²) < 4.78 is 19.7. The lowest BCUT2D eigenvalue weighted by Crippen LogP contribution is -2.38. The molecule has 0 unspecified atom stereocenters. The number of nitrogens with zero attached hydrogens (tertiary/aromatic N) is 1. The van der Waals surface area contributed by atoms with Crippen molar-refractivity contribution in [1.82, 2.24) is 0 Å². The van der Waals surface area contributed by atoms with Gasteiger partial charge >= 0.3 is 0 Å². The van der Waals surface area contributed by atoms with Crippen molar-refractivity contribution in [2.45, 2.75) is 6.54 Å². The number of rotatable bonds is 4. The van der Waals surface area contributed by atoms with Crippen LogP contribution in [0.1, 0.15) is 15.9 Å². The monoisotopic (exact) mass is 444 g/mol. The van der Waals surface area contributed by atoms with Crippen LogP contribution >= 0.6 is 23.2 Å². The minimum atomic E-state index is -0.508. The van der Waals surface area contributed by atoms with E-state index in [1.165, 1.54) is 17.0 Å². The van der Waals surface area contributed by atoms with Crippen molar-refractivity contribution in [3.63, 3.8) is 0 Å². The molecule has 3 aromatic carbocycles. The van der Waals surface area contributed by atoms with Crippen LogP contribution in [0, 0.1) is 5.82 Å². The fourth-order valence-electron chi connectivity index (χ4n) is 3.14. The molecule has 0 saturated heterocycles. The summed E-state index contributed by atoms with van der Waals surface area (Å²) in [5.74, 6) is -0.812. The van der Waals surface area contributed by atoms with Crippen molar-refractivity contribution in [3.05, 3.63) is 87.7 Å². The molecule has 2 amide bonds. The van der Waals surface area contributed by atoms with Crippen LogP contribution in [0.5, 0.6) is 5.75 Å². The number of carbonyl (C=O) groups excluding carboxylic acids is 2. The van der Waals surface area contributed by atoms with Crippen LogP contribution in [0.15, 0.2) is 60.7 Å². The Kier molecular flexibility index (Phi) is 5.61. The fraction of sp³-hybridized carbons (Fsp3) is 0.0909. The van der Waals surface area contributed by atoms with Gasteiger partial charge in [-0.15, -0.1) is 0 Å². The summed E-state index contributed by atoms with van der Waals surface area (Å²) >= 11 is 12.2. The second-order valence-electron chi connectivity index (χ2n) is 6.59. The van der Waals surface area contributed by atoms with Gasteiger partial charge in [-0.25, -0.2) is 4.39 Å². The molecule has 0 bridgehead atoms. The Morgan fingerprint density at radius 2 is 1.83 bits per heavy atom.